The normalized spacial score (nSPS) is 16.9. The Morgan fingerprint density at radius 1 is 1.23 bits per heavy atom. The van der Waals surface area contributed by atoms with Crippen LogP contribution < -0.4 is 0 Å². The molecule has 1 aliphatic rings. The van der Waals surface area contributed by atoms with Gasteiger partial charge in [0.25, 0.3) is 6.47 Å². The second kappa shape index (κ2) is 8.38. The molecule has 0 saturated carbocycles. The summed E-state index contributed by atoms with van der Waals surface area (Å²) in [4.78, 5) is 26.1. The Morgan fingerprint density at radius 3 is 2.55 bits per heavy atom. The summed E-state index contributed by atoms with van der Waals surface area (Å²) in [6.45, 7) is 6.19. The monoisotopic (exact) mass is 306 g/mol. The highest BCUT2D eigenvalue weighted by Crippen LogP contribution is 2.17. The molecule has 6 heteroatoms. The maximum atomic E-state index is 12.2. The Balaban J connectivity index is 1.74. The van der Waals surface area contributed by atoms with Crippen molar-refractivity contribution in [3.05, 3.63) is 35.9 Å². The van der Waals surface area contributed by atoms with Crippen LogP contribution in [-0.2, 0) is 14.3 Å². The second-order valence-electron chi connectivity index (χ2n) is 5.23. The van der Waals surface area contributed by atoms with Crippen molar-refractivity contribution in [2.75, 3.05) is 39.3 Å². The fourth-order valence-electron chi connectivity index (χ4n) is 2.40. The van der Waals surface area contributed by atoms with E-state index >= 15 is 0 Å². The molecule has 1 heterocycles. The summed E-state index contributed by atoms with van der Waals surface area (Å²) in [5.74, 6) is 0. The number of carbonyl (C=O) groups excluding carboxylic acids is 2. The van der Waals surface area contributed by atoms with E-state index in [1.807, 2.05) is 37.3 Å². The van der Waals surface area contributed by atoms with Gasteiger partial charge in [-0.2, -0.15) is 0 Å². The number of ether oxygens (including phenoxy) is 2. The average Bonchev–Trinajstić information content (AvgIpc) is 2.56. The molecule has 0 spiro atoms. The van der Waals surface area contributed by atoms with Gasteiger partial charge in [-0.3, -0.25) is 9.69 Å². The topological polar surface area (TPSA) is 59.1 Å². The van der Waals surface area contributed by atoms with E-state index < -0.39 is 0 Å². The Bertz CT molecular complexity index is 472. The van der Waals surface area contributed by atoms with Gasteiger partial charge in [0.2, 0.25) is 0 Å². The molecule has 0 N–H and O–H groups in total. The van der Waals surface area contributed by atoms with Crippen molar-refractivity contribution in [3.8, 4) is 0 Å². The average molecular weight is 306 g/mol. The molecule has 22 heavy (non-hydrogen) atoms. The smallest absolute Gasteiger partial charge is 0.410 e. The minimum atomic E-state index is -0.278. The van der Waals surface area contributed by atoms with Gasteiger partial charge >= 0.3 is 6.09 Å². The molecule has 1 unspecified atom stereocenters. The number of piperazine rings is 1. The van der Waals surface area contributed by atoms with Crippen LogP contribution >= 0.6 is 0 Å². The van der Waals surface area contributed by atoms with Crippen molar-refractivity contribution >= 4 is 12.6 Å². The third-order valence-electron chi connectivity index (χ3n) is 3.77. The summed E-state index contributed by atoms with van der Waals surface area (Å²) >= 11 is 0. The zero-order valence-electron chi connectivity index (χ0n) is 12.8. The summed E-state index contributed by atoms with van der Waals surface area (Å²) in [5, 5.41) is 0. The van der Waals surface area contributed by atoms with Gasteiger partial charge in [0.1, 0.15) is 12.7 Å². The molecule has 1 atom stereocenters. The molecule has 1 amide bonds. The van der Waals surface area contributed by atoms with E-state index in [2.05, 4.69) is 9.64 Å². The number of rotatable bonds is 6. The number of carbonyl (C=O) groups is 2. The lowest BCUT2D eigenvalue weighted by Gasteiger charge is -2.34. The summed E-state index contributed by atoms with van der Waals surface area (Å²) < 4.78 is 10.2. The molecule has 2 rings (SSSR count). The van der Waals surface area contributed by atoms with E-state index in [-0.39, 0.29) is 12.2 Å². The van der Waals surface area contributed by atoms with Gasteiger partial charge in [0, 0.05) is 32.7 Å². The molecule has 120 valence electrons. The molecule has 1 aromatic carbocycles. The summed E-state index contributed by atoms with van der Waals surface area (Å²) in [6.07, 6.45) is -0.534. The van der Waals surface area contributed by atoms with Crippen LogP contribution in [0.5, 0.6) is 0 Å². The predicted molar refractivity (Wildman–Crippen MR) is 81.4 cm³/mol. The van der Waals surface area contributed by atoms with Crippen molar-refractivity contribution in [3.63, 3.8) is 0 Å². The SMILES string of the molecule is CC(OC(=O)N1CCN(CCOC=O)CC1)c1ccccc1. The van der Waals surface area contributed by atoms with E-state index in [0.717, 1.165) is 18.7 Å². The fraction of sp³-hybridized carbons (Fsp3) is 0.500. The van der Waals surface area contributed by atoms with E-state index in [4.69, 9.17) is 4.74 Å². The van der Waals surface area contributed by atoms with Crippen LogP contribution in [0.2, 0.25) is 0 Å². The molecule has 1 aliphatic heterocycles. The molecule has 1 fully saturated rings. The molecule has 1 aromatic rings. The number of hydrogen-bond donors (Lipinski definition) is 0. The number of benzene rings is 1. The molecule has 1 saturated heterocycles. The van der Waals surface area contributed by atoms with Crippen LogP contribution in [0.1, 0.15) is 18.6 Å². The highest BCUT2D eigenvalue weighted by atomic mass is 16.6. The Kier molecular flexibility index (Phi) is 6.21. The van der Waals surface area contributed by atoms with E-state index in [1.165, 1.54) is 0 Å². The van der Waals surface area contributed by atoms with E-state index in [1.54, 1.807) is 4.90 Å². The van der Waals surface area contributed by atoms with Crippen molar-refractivity contribution in [2.45, 2.75) is 13.0 Å². The van der Waals surface area contributed by atoms with Crippen LogP contribution in [0.4, 0.5) is 4.79 Å². The predicted octanol–water partition coefficient (Wildman–Crippen LogP) is 1.67. The first-order valence-electron chi connectivity index (χ1n) is 7.49. The summed E-state index contributed by atoms with van der Waals surface area (Å²) in [5.41, 5.74) is 0.987. The second-order valence-corrected chi connectivity index (χ2v) is 5.23. The maximum absolute atomic E-state index is 12.2. The zero-order valence-corrected chi connectivity index (χ0v) is 12.8. The first kappa shape index (κ1) is 16.3. The minimum Gasteiger partial charge on any atom is -0.467 e. The van der Waals surface area contributed by atoms with Gasteiger partial charge in [-0.1, -0.05) is 30.3 Å². The van der Waals surface area contributed by atoms with Crippen LogP contribution in [-0.4, -0.2) is 61.7 Å². The molecular weight excluding hydrogens is 284 g/mol. The van der Waals surface area contributed by atoms with Crippen LogP contribution in [0.15, 0.2) is 30.3 Å². The van der Waals surface area contributed by atoms with Crippen molar-refractivity contribution < 1.29 is 19.1 Å². The van der Waals surface area contributed by atoms with Crippen molar-refractivity contribution in [1.82, 2.24) is 9.80 Å². The molecular formula is C16H22N2O4. The lowest BCUT2D eigenvalue weighted by molar-refractivity contribution is -0.129. The molecule has 0 aromatic heterocycles. The third kappa shape index (κ3) is 4.73. The molecule has 0 aliphatic carbocycles. The van der Waals surface area contributed by atoms with Gasteiger partial charge in [-0.05, 0) is 12.5 Å². The highest BCUT2D eigenvalue weighted by molar-refractivity contribution is 5.68. The summed E-state index contributed by atoms with van der Waals surface area (Å²) in [6, 6.07) is 9.69. The van der Waals surface area contributed by atoms with Gasteiger partial charge in [-0.25, -0.2) is 4.79 Å². The Labute approximate surface area is 130 Å². The van der Waals surface area contributed by atoms with E-state index in [9.17, 15) is 9.59 Å². The number of amides is 1. The summed E-state index contributed by atoms with van der Waals surface area (Å²) in [7, 11) is 0. The van der Waals surface area contributed by atoms with Crippen LogP contribution in [0.25, 0.3) is 0 Å². The molecule has 6 nitrogen and oxygen atoms in total. The molecule has 0 radical (unpaired) electrons. The van der Waals surface area contributed by atoms with Gasteiger partial charge < -0.3 is 14.4 Å². The Morgan fingerprint density at radius 2 is 1.91 bits per heavy atom. The third-order valence-corrected chi connectivity index (χ3v) is 3.77. The highest BCUT2D eigenvalue weighted by Gasteiger charge is 2.23. The first-order valence-corrected chi connectivity index (χ1v) is 7.49. The van der Waals surface area contributed by atoms with Crippen LogP contribution in [0.3, 0.4) is 0 Å². The zero-order chi connectivity index (χ0) is 15.8. The van der Waals surface area contributed by atoms with Gasteiger partial charge in [0.15, 0.2) is 0 Å². The minimum absolute atomic E-state index is 0.257. The fourth-order valence-corrected chi connectivity index (χ4v) is 2.40. The van der Waals surface area contributed by atoms with Crippen molar-refractivity contribution in [2.24, 2.45) is 0 Å². The Hall–Kier alpha value is -2.08. The van der Waals surface area contributed by atoms with Gasteiger partial charge in [0.05, 0.1) is 0 Å². The lowest BCUT2D eigenvalue weighted by atomic mass is 10.1. The van der Waals surface area contributed by atoms with Crippen molar-refractivity contribution in [1.29, 1.82) is 0 Å². The molecule has 0 bridgehead atoms. The standard InChI is InChI=1S/C16H22N2O4/c1-14(15-5-3-2-4-6-15)22-16(20)18-9-7-17(8-10-18)11-12-21-13-19/h2-6,13-14H,7-12H2,1H3. The first-order chi connectivity index (χ1) is 10.7. The number of hydrogen-bond acceptors (Lipinski definition) is 5. The maximum Gasteiger partial charge on any atom is 0.410 e. The van der Waals surface area contributed by atoms with E-state index in [0.29, 0.717) is 32.7 Å². The lowest BCUT2D eigenvalue weighted by Crippen LogP contribution is -2.49. The van der Waals surface area contributed by atoms with Gasteiger partial charge in [-0.15, -0.1) is 0 Å². The largest absolute Gasteiger partial charge is 0.467 e. The van der Waals surface area contributed by atoms with Crippen LogP contribution in [0, 0.1) is 0 Å². The number of nitrogens with zero attached hydrogens (tertiary/aromatic N) is 2. The quantitative estimate of drug-likeness (QED) is 0.591.